The number of H-pyrrole nitrogens is 1. The molecule has 1 aliphatic heterocycles. The van der Waals surface area contributed by atoms with Gasteiger partial charge in [-0.15, -0.1) is 0 Å². The molecule has 2 aliphatic rings. The third-order valence-corrected chi connectivity index (χ3v) is 5.59. The Hall–Kier alpha value is -2.02. The molecule has 0 unspecified atom stereocenters. The lowest BCUT2D eigenvalue weighted by Crippen LogP contribution is -2.47. The van der Waals surface area contributed by atoms with Crippen molar-refractivity contribution in [1.82, 2.24) is 15.3 Å². The largest absolute Gasteiger partial charge is 0.492 e. The first-order valence-electron chi connectivity index (χ1n) is 8.61. The van der Waals surface area contributed by atoms with Gasteiger partial charge in [0, 0.05) is 22.2 Å². The smallest absolute Gasteiger partial charge is 0.405 e. The summed E-state index contributed by atoms with van der Waals surface area (Å²) >= 11 is 3.48. The summed E-state index contributed by atoms with van der Waals surface area (Å²) in [5, 5.41) is 12.1. The number of aromatic amines is 1. The van der Waals surface area contributed by atoms with Crippen molar-refractivity contribution in [3.05, 3.63) is 34.2 Å². The Labute approximate surface area is 154 Å². The molecule has 0 spiro atoms. The minimum Gasteiger partial charge on any atom is -0.492 e. The molecule has 3 N–H and O–H groups in total. The summed E-state index contributed by atoms with van der Waals surface area (Å²) in [6.07, 6.45) is 4.40. The van der Waals surface area contributed by atoms with Gasteiger partial charge < -0.3 is 20.1 Å². The van der Waals surface area contributed by atoms with E-state index >= 15 is 0 Å². The van der Waals surface area contributed by atoms with Crippen LogP contribution >= 0.6 is 15.9 Å². The number of rotatable bonds is 2. The predicted molar refractivity (Wildman–Crippen MR) is 96.8 cm³/mol. The number of benzene rings is 1. The number of carbonyl (C=O) groups is 1. The molecule has 1 fully saturated rings. The van der Waals surface area contributed by atoms with Gasteiger partial charge in [0.15, 0.2) is 0 Å². The Morgan fingerprint density at radius 2 is 2.12 bits per heavy atom. The van der Waals surface area contributed by atoms with Gasteiger partial charge in [-0.3, -0.25) is 0 Å². The summed E-state index contributed by atoms with van der Waals surface area (Å²) in [6, 6.07) is 5.91. The highest BCUT2D eigenvalue weighted by atomic mass is 79.9. The van der Waals surface area contributed by atoms with E-state index in [-0.39, 0.29) is 0 Å². The maximum atomic E-state index is 11.4. The number of carboxylic acid groups (broad SMARTS) is 1. The molecule has 1 amide bonds. The summed E-state index contributed by atoms with van der Waals surface area (Å²) in [7, 11) is 0. The van der Waals surface area contributed by atoms with Gasteiger partial charge in [0.1, 0.15) is 17.1 Å². The number of nitrogens with one attached hydrogen (secondary N) is 2. The van der Waals surface area contributed by atoms with Crippen LogP contribution in [-0.2, 0) is 12.0 Å². The molecule has 2 heterocycles. The molecule has 0 radical (unpaired) electrons. The molecule has 0 bridgehead atoms. The average molecular weight is 406 g/mol. The first-order chi connectivity index (χ1) is 12.1. The van der Waals surface area contributed by atoms with Gasteiger partial charge in [-0.2, -0.15) is 0 Å². The minimum atomic E-state index is -0.999. The van der Waals surface area contributed by atoms with Crippen LogP contribution in [0.3, 0.4) is 0 Å². The van der Waals surface area contributed by atoms with E-state index in [9.17, 15) is 9.90 Å². The molecule has 0 saturated heterocycles. The lowest BCUT2D eigenvalue weighted by Gasteiger charge is -2.35. The molecule has 6 nitrogen and oxygen atoms in total. The quantitative estimate of drug-likeness (QED) is 0.698. The maximum absolute atomic E-state index is 11.4. The molecule has 4 rings (SSSR count). The zero-order valence-corrected chi connectivity index (χ0v) is 15.4. The molecule has 1 aromatic heterocycles. The summed E-state index contributed by atoms with van der Waals surface area (Å²) < 4.78 is 6.81. The van der Waals surface area contributed by atoms with Gasteiger partial charge in [0.05, 0.1) is 12.3 Å². The van der Waals surface area contributed by atoms with Crippen molar-refractivity contribution in [2.45, 2.75) is 44.1 Å². The first-order valence-corrected chi connectivity index (χ1v) is 9.40. The fourth-order valence-electron chi connectivity index (χ4n) is 3.89. The summed E-state index contributed by atoms with van der Waals surface area (Å²) in [5.41, 5.74) is 2.20. The molecular weight excluding hydrogens is 386 g/mol. The number of hydrogen-bond donors (Lipinski definition) is 3. The molecule has 2 aromatic rings. The van der Waals surface area contributed by atoms with E-state index in [4.69, 9.17) is 9.72 Å². The third kappa shape index (κ3) is 3.01. The second-order valence-electron chi connectivity index (χ2n) is 6.72. The van der Waals surface area contributed by atoms with Crippen LogP contribution in [0.25, 0.3) is 11.3 Å². The summed E-state index contributed by atoms with van der Waals surface area (Å²) in [4.78, 5) is 19.7. The minimum absolute atomic E-state index is 0.567. The van der Waals surface area contributed by atoms with Crippen molar-refractivity contribution in [3.8, 4) is 17.0 Å². The Morgan fingerprint density at radius 1 is 1.32 bits per heavy atom. The van der Waals surface area contributed by atoms with Gasteiger partial charge in [-0.05, 0) is 31.0 Å². The van der Waals surface area contributed by atoms with Gasteiger partial charge in [0.2, 0.25) is 0 Å². The van der Waals surface area contributed by atoms with Gasteiger partial charge >= 0.3 is 6.09 Å². The normalized spacial score (nSPS) is 18.4. The number of hydrogen-bond acceptors (Lipinski definition) is 3. The SMILES string of the molecule is O=C(O)NC1(c2nc3c([nH]2)CCOc2cc(Br)ccc2-3)CCCCC1. The number of halogens is 1. The van der Waals surface area contributed by atoms with Crippen LogP contribution in [0.1, 0.15) is 43.6 Å². The predicted octanol–water partition coefficient (Wildman–Crippen LogP) is 4.20. The number of fused-ring (bicyclic) bond motifs is 3. The van der Waals surface area contributed by atoms with Crippen molar-refractivity contribution >= 4 is 22.0 Å². The van der Waals surface area contributed by atoms with Crippen LogP contribution in [0, 0.1) is 0 Å². The molecule has 1 aromatic carbocycles. The van der Waals surface area contributed by atoms with Crippen molar-refractivity contribution in [2.75, 3.05) is 6.61 Å². The molecule has 132 valence electrons. The number of aromatic nitrogens is 2. The van der Waals surface area contributed by atoms with E-state index in [1.165, 1.54) is 0 Å². The van der Waals surface area contributed by atoms with Crippen LogP contribution < -0.4 is 10.1 Å². The highest BCUT2D eigenvalue weighted by molar-refractivity contribution is 9.10. The molecule has 1 aliphatic carbocycles. The average Bonchev–Trinajstić information content (AvgIpc) is 2.93. The molecule has 25 heavy (non-hydrogen) atoms. The number of ether oxygens (including phenoxy) is 1. The monoisotopic (exact) mass is 405 g/mol. The fraction of sp³-hybridized carbons (Fsp3) is 0.444. The van der Waals surface area contributed by atoms with Crippen molar-refractivity contribution < 1.29 is 14.6 Å². The van der Waals surface area contributed by atoms with E-state index in [1.807, 2.05) is 18.2 Å². The summed E-state index contributed by atoms with van der Waals surface area (Å²) in [6.45, 7) is 0.567. The van der Waals surface area contributed by atoms with E-state index in [0.717, 1.165) is 71.5 Å². The molecule has 7 heteroatoms. The third-order valence-electron chi connectivity index (χ3n) is 5.09. The van der Waals surface area contributed by atoms with Crippen LogP contribution in [0.5, 0.6) is 5.75 Å². The second kappa shape index (κ2) is 6.37. The van der Waals surface area contributed by atoms with E-state index in [0.29, 0.717) is 6.61 Å². The summed E-state index contributed by atoms with van der Waals surface area (Å²) in [5.74, 6) is 1.53. The van der Waals surface area contributed by atoms with Crippen LogP contribution in [0.4, 0.5) is 4.79 Å². The number of imidazole rings is 1. The lowest BCUT2D eigenvalue weighted by atomic mass is 9.81. The molecular formula is C18H20BrN3O3. The van der Waals surface area contributed by atoms with Gasteiger partial charge in [-0.25, -0.2) is 9.78 Å². The first kappa shape index (κ1) is 16.4. The maximum Gasteiger partial charge on any atom is 0.405 e. The Kier molecular flexibility index (Phi) is 4.19. The number of nitrogens with zero attached hydrogens (tertiary/aromatic N) is 1. The van der Waals surface area contributed by atoms with Crippen LogP contribution in [-0.4, -0.2) is 27.8 Å². The second-order valence-corrected chi connectivity index (χ2v) is 7.64. The zero-order chi connectivity index (χ0) is 17.4. The van der Waals surface area contributed by atoms with Crippen molar-refractivity contribution in [3.63, 3.8) is 0 Å². The van der Waals surface area contributed by atoms with Crippen molar-refractivity contribution in [2.24, 2.45) is 0 Å². The zero-order valence-electron chi connectivity index (χ0n) is 13.8. The van der Waals surface area contributed by atoms with E-state index in [2.05, 4.69) is 26.2 Å². The Morgan fingerprint density at radius 3 is 2.88 bits per heavy atom. The van der Waals surface area contributed by atoms with Gasteiger partial charge in [-0.1, -0.05) is 35.2 Å². The Bertz CT molecular complexity index is 812. The lowest BCUT2D eigenvalue weighted by molar-refractivity contribution is 0.158. The van der Waals surface area contributed by atoms with Crippen molar-refractivity contribution in [1.29, 1.82) is 0 Å². The van der Waals surface area contributed by atoms with Gasteiger partial charge in [0.25, 0.3) is 0 Å². The highest BCUT2D eigenvalue weighted by Gasteiger charge is 2.39. The van der Waals surface area contributed by atoms with Crippen LogP contribution in [0.2, 0.25) is 0 Å². The fourth-order valence-corrected chi connectivity index (χ4v) is 4.24. The number of amides is 1. The topological polar surface area (TPSA) is 87.2 Å². The highest BCUT2D eigenvalue weighted by Crippen LogP contribution is 2.40. The molecule has 0 atom stereocenters. The molecule has 1 saturated carbocycles. The van der Waals surface area contributed by atoms with Crippen LogP contribution in [0.15, 0.2) is 22.7 Å². The van der Waals surface area contributed by atoms with E-state index < -0.39 is 11.6 Å². The van der Waals surface area contributed by atoms with E-state index in [1.54, 1.807) is 0 Å². The Balaban J connectivity index is 1.80. The standard InChI is InChI=1S/C18H20BrN3O3/c19-11-4-5-12-14(10-11)25-9-6-13-15(12)21-16(20-13)18(22-17(23)24)7-2-1-3-8-18/h4-5,10,22H,1-3,6-9H2,(H,20,21)(H,23,24).